The predicted octanol–water partition coefficient (Wildman–Crippen LogP) is 4.37. The monoisotopic (exact) mass is 426 g/mol. The molecule has 0 radical (unpaired) electrons. The summed E-state index contributed by atoms with van der Waals surface area (Å²) in [4.78, 5) is 17.4. The van der Waals surface area contributed by atoms with Gasteiger partial charge in [-0.25, -0.2) is 9.80 Å². The van der Waals surface area contributed by atoms with E-state index >= 15 is 0 Å². The van der Waals surface area contributed by atoms with Crippen LogP contribution in [0.25, 0.3) is 0 Å². The van der Waals surface area contributed by atoms with Crippen molar-refractivity contribution in [1.29, 1.82) is 0 Å². The number of amides is 2. The van der Waals surface area contributed by atoms with Crippen molar-refractivity contribution in [3.05, 3.63) is 84.2 Å². The molecule has 0 spiro atoms. The number of urea groups is 1. The number of benzene rings is 2. The van der Waals surface area contributed by atoms with E-state index in [1.165, 1.54) is 5.01 Å². The van der Waals surface area contributed by atoms with Gasteiger partial charge in [0.1, 0.15) is 5.75 Å². The van der Waals surface area contributed by atoms with Crippen LogP contribution in [0.5, 0.6) is 5.75 Å². The number of para-hydroxylation sites is 1. The van der Waals surface area contributed by atoms with Crippen LogP contribution in [0, 0.1) is 0 Å². The number of aromatic nitrogens is 1. The molecule has 3 aromatic rings. The van der Waals surface area contributed by atoms with Gasteiger partial charge in [-0.05, 0) is 36.4 Å². The molecule has 2 aliphatic rings. The van der Waals surface area contributed by atoms with Crippen LogP contribution < -0.4 is 10.3 Å². The molecule has 2 aromatic carbocycles. The molecule has 1 unspecified atom stereocenters. The fraction of sp³-hybridized carbons (Fsp3) is 0.167. The van der Waals surface area contributed by atoms with Crippen molar-refractivity contribution < 1.29 is 9.90 Å². The molecule has 0 saturated heterocycles. The maximum Gasteiger partial charge on any atom is 0.342 e. The first-order chi connectivity index (χ1) is 15.7. The highest BCUT2D eigenvalue weighted by molar-refractivity contribution is 6.04. The summed E-state index contributed by atoms with van der Waals surface area (Å²) in [6, 6.07) is 17.5. The third-order valence-corrected chi connectivity index (χ3v) is 5.52. The number of anilines is 2. The molecule has 5 rings (SSSR count). The summed E-state index contributed by atoms with van der Waals surface area (Å²) in [7, 11) is 0. The summed E-state index contributed by atoms with van der Waals surface area (Å²) < 4.78 is 0. The zero-order valence-electron chi connectivity index (χ0n) is 17.3. The van der Waals surface area contributed by atoms with Gasteiger partial charge < -0.3 is 10.4 Å². The first kappa shape index (κ1) is 19.7. The van der Waals surface area contributed by atoms with Gasteiger partial charge in [0, 0.05) is 54.8 Å². The minimum absolute atomic E-state index is 0.133. The number of rotatable bonds is 4. The number of nitrogens with one attached hydrogen (secondary N) is 1. The van der Waals surface area contributed by atoms with Crippen LogP contribution in [-0.4, -0.2) is 39.6 Å². The van der Waals surface area contributed by atoms with Crippen molar-refractivity contribution in [2.45, 2.75) is 18.9 Å². The van der Waals surface area contributed by atoms with E-state index in [0.717, 1.165) is 29.9 Å². The fourth-order valence-electron chi connectivity index (χ4n) is 3.90. The molecule has 2 amide bonds. The topological polar surface area (TPSA) is 93.4 Å². The summed E-state index contributed by atoms with van der Waals surface area (Å²) in [6.07, 6.45) is 6.71. The first-order valence-electron chi connectivity index (χ1n) is 10.4. The van der Waals surface area contributed by atoms with Crippen molar-refractivity contribution in [3.8, 4) is 5.75 Å². The number of carbonyl (C=O) groups excluding carboxylic acids is 1. The van der Waals surface area contributed by atoms with Gasteiger partial charge in [-0.15, -0.1) is 0 Å². The molecule has 0 bridgehead atoms. The highest BCUT2D eigenvalue weighted by Gasteiger charge is 2.34. The van der Waals surface area contributed by atoms with Gasteiger partial charge in [0.2, 0.25) is 0 Å². The Bertz CT molecular complexity index is 1180. The normalized spacial score (nSPS) is 17.5. The Balaban J connectivity index is 1.40. The van der Waals surface area contributed by atoms with Crippen molar-refractivity contribution in [3.63, 3.8) is 0 Å². The second kappa shape index (κ2) is 8.50. The standard InChI is InChI=1S/C24H22N6O2/c31-23-7-2-1-6-20(23)22-15-21(17-5-3-12-25-16-17)28-30(22)24(32)27-18-8-10-19(11-9-18)29-14-4-13-26-29/h1-3,5-13,16,22,31H,4,14-15H2,(H,27,32). The Hall–Kier alpha value is -4.20. The SMILES string of the molecule is O=C(Nc1ccc(N2CCC=N2)cc1)N1N=C(c2cccnc2)CC1c1ccccc1O. The smallest absolute Gasteiger partial charge is 0.342 e. The summed E-state index contributed by atoms with van der Waals surface area (Å²) in [5, 5.41) is 25.6. The third kappa shape index (κ3) is 3.90. The number of carbonyl (C=O) groups is 1. The molecule has 8 heteroatoms. The Kier molecular flexibility index (Phi) is 5.25. The van der Waals surface area contributed by atoms with Crippen LogP contribution in [0.2, 0.25) is 0 Å². The lowest BCUT2D eigenvalue weighted by atomic mass is 9.98. The van der Waals surface area contributed by atoms with Gasteiger partial charge in [-0.1, -0.05) is 24.3 Å². The Morgan fingerprint density at radius 2 is 1.91 bits per heavy atom. The Morgan fingerprint density at radius 1 is 1.06 bits per heavy atom. The van der Waals surface area contributed by atoms with E-state index in [1.807, 2.05) is 59.8 Å². The number of hydrazone groups is 2. The molecule has 0 saturated carbocycles. The highest BCUT2D eigenvalue weighted by atomic mass is 16.3. The number of pyridine rings is 1. The van der Waals surface area contributed by atoms with Gasteiger partial charge in [0.15, 0.2) is 0 Å². The van der Waals surface area contributed by atoms with Gasteiger partial charge in [-0.3, -0.25) is 9.99 Å². The predicted molar refractivity (Wildman–Crippen MR) is 124 cm³/mol. The molecule has 2 aliphatic heterocycles. The fourth-order valence-corrected chi connectivity index (χ4v) is 3.90. The summed E-state index contributed by atoms with van der Waals surface area (Å²) in [5.41, 5.74) is 3.86. The molecule has 0 fully saturated rings. The lowest BCUT2D eigenvalue weighted by molar-refractivity contribution is 0.199. The molecule has 3 heterocycles. The number of phenolic OH excluding ortho intramolecular Hbond substituents is 1. The maximum atomic E-state index is 13.2. The largest absolute Gasteiger partial charge is 0.508 e. The second-order valence-electron chi connectivity index (χ2n) is 7.60. The van der Waals surface area contributed by atoms with Gasteiger partial charge >= 0.3 is 6.03 Å². The van der Waals surface area contributed by atoms with Crippen LogP contribution in [-0.2, 0) is 0 Å². The van der Waals surface area contributed by atoms with E-state index in [0.29, 0.717) is 17.7 Å². The number of aromatic hydroxyl groups is 1. The minimum Gasteiger partial charge on any atom is -0.508 e. The van der Waals surface area contributed by atoms with Crippen LogP contribution in [0.1, 0.15) is 30.0 Å². The number of nitrogens with zero attached hydrogens (tertiary/aromatic N) is 5. The number of hydrogen-bond acceptors (Lipinski definition) is 6. The van der Waals surface area contributed by atoms with Crippen molar-refractivity contribution in [1.82, 2.24) is 9.99 Å². The summed E-state index contributed by atoms with van der Waals surface area (Å²) in [6.45, 7) is 0.855. The summed E-state index contributed by atoms with van der Waals surface area (Å²) in [5.74, 6) is 0.133. The van der Waals surface area contributed by atoms with Crippen LogP contribution >= 0.6 is 0 Å². The summed E-state index contributed by atoms with van der Waals surface area (Å²) >= 11 is 0. The molecule has 160 valence electrons. The average molecular weight is 426 g/mol. The molecular weight excluding hydrogens is 404 g/mol. The lowest BCUT2D eigenvalue weighted by Crippen LogP contribution is -2.31. The van der Waals surface area contributed by atoms with Crippen molar-refractivity contribution in [2.75, 3.05) is 16.9 Å². The van der Waals surface area contributed by atoms with E-state index in [4.69, 9.17) is 0 Å². The lowest BCUT2D eigenvalue weighted by Gasteiger charge is -2.23. The molecule has 0 aliphatic carbocycles. The van der Waals surface area contributed by atoms with Gasteiger partial charge in [0.25, 0.3) is 0 Å². The Morgan fingerprint density at radius 3 is 2.62 bits per heavy atom. The quantitative estimate of drug-likeness (QED) is 0.648. The average Bonchev–Trinajstić information content (AvgIpc) is 3.51. The number of phenols is 1. The van der Waals surface area contributed by atoms with E-state index in [9.17, 15) is 9.90 Å². The third-order valence-electron chi connectivity index (χ3n) is 5.52. The van der Waals surface area contributed by atoms with E-state index < -0.39 is 6.04 Å². The van der Waals surface area contributed by atoms with Crippen molar-refractivity contribution in [2.24, 2.45) is 10.2 Å². The molecule has 2 N–H and O–H groups in total. The van der Waals surface area contributed by atoms with Crippen LogP contribution in [0.4, 0.5) is 16.2 Å². The van der Waals surface area contributed by atoms with Gasteiger partial charge in [-0.2, -0.15) is 10.2 Å². The molecular formula is C24H22N6O2. The van der Waals surface area contributed by atoms with Crippen LogP contribution in [0.15, 0.2) is 83.3 Å². The minimum atomic E-state index is -0.426. The molecule has 1 aromatic heterocycles. The zero-order chi connectivity index (χ0) is 21.9. The maximum absolute atomic E-state index is 13.2. The van der Waals surface area contributed by atoms with E-state index in [-0.39, 0.29) is 11.8 Å². The van der Waals surface area contributed by atoms with Crippen LogP contribution in [0.3, 0.4) is 0 Å². The Labute approximate surface area is 185 Å². The van der Waals surface area contributed by atoms with E-state index in [2.05, 4.69) is 20.5 Å². The molecule has 8 nitrogen and oxygen atoms in total. The molecule has 1 atom stereocenters. The van der Waals surface area contributed by atoms with Crippen molar-refractivity contribution >= 4 is 29.3 Å². The highest BCUT2D eigenvalue weighted by Crippen LogP contribution is 2.37. The van der Waals surface area contributed by atoms with E-state index in [1.54, 1.807) is 24.5 Å². The first-order valence-corrected chi connectivity index (χ1v) is 10.4. The second-order valence-corrected chi connectivity index (χ2v) is 7.60. The molecule has 32 heavy (non-hydrogen) atoms. The number of hydrogen-bond donors (Lipinski definition) is 2. The van der Waals surface area contributed by atoms with Gasteiger partial charge in [0.05, 0.1) is 17.4 Å². The zero-order valence-corrected chi connectivity index (χ0v) is 17.3.